The Morgan fingerprint density at radius 1 is 0.906 bits per heavy atom. The van der Waals surface area contributed by atoms with Gasteiger partial charge in [-0.15, -0.1) is 0 Å². The number of rotatable bonds is 7. The van der Waals surface area contributed by atoms with Gasteiger partial charge in [0.15, 0.2) is 0 Å². The molecule has 0 unspecified atom stereocenters. The molecule has 0 aliphatic heterocycles. The van der Waals surface area contributed by atoms with Crippen molar-refractivity contribution >= 4 is 11.8 Å². The fourth-order valence-electron chi connectivity index (χ4n) is 9.60. The summed E-state index contributed by atoms with van der Waals surface area (Å²) in [7, 11) is 0. The number of carboxylic acid groups (broad SMARTS) is 1. The topological polar surface area (TPSA) is 57.2 Å². The minimum atomic E-state index is -0.859. The largest absolute Gasteiger partial charge is 0.550 e. The van der Waals surface area contributed by atoms with E-state index in [1.807, 2.05) is 13.8 Å². The average Bonchev–Trinajstić information content (AvgIpc) is 3.08. The molecule has 3 heteroatoms. The van der Waals surface area contributed by atoms with Gasteiger partial charge in [0.05, 0.1) is 0 Å². The highest BCUT2D eigenvalue weighted by atomic mass is 16.4. The van der Waals surface area contributed by atoms with E-state index in [0.717, 1.165) is 49.4 Å². The Labute approximate surface area is 196 Å². The van der Waals surface area contributed by atoms with Gasteiger partial charge >= 0.3 is 0 Å². The molecule has 0 N–H and O–H groups in total. The number of carbonyl (C=O) groups is 2. The van der Waals surface area contributed by atoms with Crippen LogP contribution in [0, 0.1) is 58.2 Å². The SMILES string of the molecule is CC(C)C(=O)CC[C@@H](C)[C@H]1CC[C@H]2[C@@H]3CC[C@H]4C[C@@H](CC(=O)[O-])CC[C@]4(C)[C@H]3CC[C@]12C. The minimum absolute atomic E-state index is 0.169. The van der Waals surface area contributed by atoms with E-state index in [1.54, 1.807) is 0 Å². The Balaban J connectivity index is 1.44. The molecule has 4 rings (SSSR count). The molecule has 4 aliphatic carbocycles. The molecule has 9 atom stereocenters. The third-order valence-electron chi connectivity index (χ3n) is 11.5. The third kappa shape index (κ3) is 4.20. The Hall–Kier alpha value is -0.860. The van der Waals surface area contributed by atoms with Crippen LogP contribution in [0.3, 0.4) is 0 Å². The van der Waals surface area contributed by atoms with Crippen molar-refractivity contribution in [2.75, 3.05) is 0 Å². The predicted octanol–water partition coefficient (Wildman–Crippen LogP) is 6.04. The van der Waals surface area contributed by atoms with Crippen LogP contribution in [0.1, 0.15) is 112 Å². The first-order chi connectivity index (χ1) is 15.1. The fraction of sp³-hybridized carbons (Fsp3) is 0.931. The van der Waals surface area contributed by atoms with E-state index in [0.29, 0.717) is 34.4 Å². The molecule has 0 saturated heterocycles. The summed E-state index contributed by atoms with van der Waals surface area (Å²) >= 11 is 0. The lowest BCUT2D eigenvalue weighted by atomic mass is 9.44. The van der Waals surface area contributed by atoms with Gasteiger partial charge in [0.2, 0.25) is 0 Å². The van der Waals surface area contributed by atoms with Gasteiger partial charge in [0.1, 0.15) is 5.78 Å². The molecule has 0 radical (unpaired) electrons. The first kappa shape index (κ1) is 24.3. The molecule has 4 aliphatic rings. The monoisotopic (exact) mass is 443 g/mol. The van der Waals surface area contributed by atoms with Crippen LogP contribution in [0.4, 0.5) is 0 Å². The lowest BCUT2D eigenvalue weighted by Crippen LogP contribution is -2.53. The van der Waals surface area contributed by atoms with Gasteiger partial charge in [-0.2, -0.15) is 0 Å². The van der Waals surface area contributed by atoms with Crippen molar-refractivity contribution in [1.29, 1.82) is 0 Å². The molecule has 0 aromatic heterocycles. The van der Waals surface area contributed by atoms with E-state index in [9.17, 15) is 14.7 Å². The van der Waals surface area contributed by atoms with Crippen molar-refractivity contribution < 1.29 is 14.7 Å². The highest BCUT2D eigenvalue weighted by molar-refractivity contribution is 5.80. The second-order valence-corrected chi connectivity index (χ2v) is 13.2. The zero-order chi connectivity index (χ0) is 23.3. The number of carbonyl (C=O) groups excluding carboxylic acids is 2. The van der Waals surface area contributed by atoms with Crippen LogP contribution in [-0.2, 0) is 9.59 Å². The van der Waals surface area contributed by atoms with Crippen molar-refractivity contribution in [3.63, 3.8) is 0 Å². The molecule has 32 heavy (non-hydrogen) atoms. The van der Waals surface area contributed by atoms with Crippen LogP contribution in [0.15, 0.2) is 0 Å². The number of ketones is 1. The number of carboxylic acids is 1. The zero-order valence-electron chi connectivity index (χ0n) is 21.3. The highest BCUT2D eigenvalue weighted by Gasteiger charge is 2.60. The smallest absolute Gasteiger partial charge is 0.135 e. The molecule has 0 aromatic carbocycles. The van der Waals surface area contributed by atoms with Crippen LogP contribution < -0.4 is 5.11 Å². The summed E-state index contributed by atoms with van der Waals surface area (Å²) in [6.07, 6.45) is 13.6. The summed E-state index contributed by atoms with van der Waals surface area (Å²) in [6.45, 7) is 11.7. The van der Waals surface area contributed by atoms with Gasteiger partial charge in [-0.05, 0) is 123 Å². The second kappa shape index (κ2) is 9.06. The normalized spacial score (nSPS) is 44.4. The van der Waals surface area contributed by atoms with E-state index in [4.69, 9.17) is 0 Å². The standard InChI is InChI=1S/C29H48O3/c1-18(2)26(30)11-6-19(3)23-9-10-24-22-8-7-21-16-20(17-27(31)32)12-14-28(21,4)25(22)13-15-29(23,24)5/h18-25H,6-17H2,1-5H3,(H,31,32)/p-1/t19-,20+,21+,22+,23-,24+,25+,28+,29-/m1/s1. The fourth-order valence-corrected chi connectivity index (χ4v) is 9.60. The molecule has 0 heterocycles. The second-order valence-electron chi connectivity index (χ2n) is 13.2. The number of hydrogen-bond donors (Lipinski definition) is 0. The van der Waals surface area contributed by atoms with E-state index >= 15 is 0 Å². The molecule has 4 saturated carbocycles. The number of aliphatic carboxylic acids is 1. The first-order valence-electron chi connectivity index (χ1n) is 13.8. The Bertz CT molecular complexity index is 713. The van der Waals surface area contributed by atoms with E-state index in [1.165, 1.54) is 44.9 Å². The summed E-state index contributed by atoms with van der Waals surface area (Å²) in [5.74, 6) is 4.77. The van der Waals surface area contributed by atoms with Crippen LogP contribution in [0.25, 0.3) is 0 Å². The van der Waals surface area contributed by atoms with Crippen molar-refractivity contribution in [1.82, 2.24) is 0 Å². The van der Waals surface area contributed by atoms with Gasteiger partial charge < -0.3 is 9.90 Å². The Morgan fingerprint density at radius 3 is 2.28 bits per heavy atom. The van der Waals surface area contributed by atoms with Gasteiger partial charge in [-0.3, -0.25) is 4.79 Å². The lowest BCUT2D eigenvalue weighted by molar-refractivity contribution is -0.307. The molecular weight excluding hydrogens is 396 g/mol. The molecular formula is C29H47O3-. The minimum Gasteiger partial charge on any atom is -0.550 e. The van der Waals surface area contributed by atoms with E-state index < -0.39 is 5.97 Å². The van der Waals surface area contributed by atoms with Gasteiger partial charge in [0, 0.05) is 18.3 Å². The van der Waals surface area contributed by atoms with Gasteiger partial charge in [-0.1, -0.05) is 34.6 Å². The number of Topliss-reactive ketones (excluding diaryl/α,β-unsaturated/α-hetero) is 1. The molecule has 182 valence electrons. The van der Waals surface area contributed by atoms with Crippen molar-refractivity contribution in [2.45, 2.75) is 112 Å². The molecule has 0 aromatic rings. The maximum absolute atomic E-state index is 12.2. The van der Waals surface area contributed by atoms with Crippen LogP contribution in [0.5, 0.6) is 0 Å². The predicted molar refractivity (Wildman–Crippen MR) is 127 cm³/mol. The summed E-state index contributed by atoms with van der Waals surface area (Å²) in [5, 5.41) is 11.2. The maximum atomic E-state index is 12.2. The molecule has 3 nitrogen and oxygen atoms in total. The summed E-state index contributed by atoms with van der Waals surface area (Å²) < 4.78 is 0. The quantitative estimate of drug-likeness (QED) is 0.482. The molecule has 0 amide bonds. The van der Waals surface area contributed by atoms with Gasteiger partial charge in [0.25, 0.3) is 0 Å². The van der Waals surface area contributed by atoms with E-state index in [-0.39, 0.29) is 12.3 Å². The molecule has 0 bridgehead atoms. The van der Waals surface area contributed by atoms with E-state index in [2.05, 4.69) is 20.8 Å². The van der Waals surface area contributed by atoms with Gasteiger partial charge in [-0.25, -0.2) is 0 Å². The van der Waals surface area contributed by atoms with Crippen LogP contribution in [0.2, 0.25) is 0 Å². The highest BCUT2D eigenvalue weighted by Crippen LogP contribution is 2.68. The Kier molecular flexibility index (Phi) is 6.87. The zero-order valence-corrected chi connectivity index (χ0v) is 21.3. The molecule has 4 fully saturated rings. The lowest BCUT2D eigenvalue weighted by Gasteiger charge is -2.61. The number of hydrogen-bond acceptors (Lipinski definition) is 3. The maximum Gasteiger partial charge on any atom is 0.135 e. The third-order valence-corrected chi connectivity index (χ3v) is 11.5. The number of fused-ring (bicyclic) bond motifs is 5. The molecule has 0 spiro atoms. The summed E-state index contributed by atoms with van der Waals surface area (Å²) in [5.41, 5.74) is 0.872. The average molecular weight is 444 g/mol. The van der Waals surface area contributed by atoms with Crippen LogP contribution in [-0.4, -0.2) is 11.8 Å². The Morgan fingerprint density at radius 2 is 1.59 bits per heavy atom. The van der Waals surface area contributed by atoms with Crippen molar-refractivity contribution in [2.24, 2.45) is 58.2 Å². The summed E-state index contributed by atoms with van der Waals surface area (Å²) in [6, 6.07) is 0. The van der Waals surface area contributed by atoms with Crippen molar-refractivity contribution in [3.8, 4) is 0 Å². The van der Waals surface area contributed by atoms with Crippen molar-refractivity contribution in [3.05, 3.63) is 0 Å². The summed E-state index contributed by atoms with van der Waals surface area (Å²) in [4.78, 5) is 23.4. The van der Waals surface area contributed by atoms with Crippen LogP contribution >= 0.6 is 0 Å². The first-order valence-corrected chi connectivity index (χ1v) is 13.8.